The Morgan fingerprint density at radius 2 is 1.66 bits per heavy atom. The molecule has 0 aliphatic rings. The number of rotatable bonds is 5. The van der Waals surface area contributed by atoms with Crippen LogP contribution in [0.4, 0.5) is 13.2 Å². The summed E-state index contributed by atoms with van der Waals surface area (Å²) in [6.45, 7) is -0.183. The molecule has 0 saturated heterocycles. The Kier molecular flexibility index (Phi) is 4.95. The Bertz CT molecular complexity index is 1230. The molecule has 0 aliphatic carbocycles. The summed E-state index contributed by atoms with van der Waals surface area (Å²) in [4.78, 5) is 21.0. The molecular weight excluding hydrogens is 381 g/mol. The van der Waals surface area contributed by atoms with Gasteiger partial charge in [-0.05, 0) is 42.0 Å². The van der Waals surface area contributed by atoms with Gasteiger partial charge < -0.3 is 4.74 Å². The lowest BCUT2D eigenvalue weighted by molar-refractivity contribution is 0.103. The van der Waals surface area contributed by atoms with Gasteiger partial charge in [0, 0.05) is 24.0 Å². The fourth-order valence-corrected chi connectivity index (χ4v) is 2.88. The van der Waals surface area contributed by atoms with Gasteiger partial charge in [0.15, 0.2) is 17.3 Å². The van der Waals surface area contributed by atoms with Crippen molar-refractivity contribution in [3.63, 3.8) is 0 Å². The molecule has 0 unspecified atom stereocenters. The summed E-state index contributed by atoms with van der Waals surface area (Å²) in [6, 6.07) is 11.7. The quantitative estimate of drug-likeness (QED) is 0.454. The molecule has 0 aliphatic heterocycles. The zero-order chi connectivity index (χ0) is 20.4. The topological polar surface area (TPSA) is 52.1 Å². The molecule has 144 valence electrons. The predicted octanol–water partition coefficient (Wildman–Crippen LogP) is 4.86. The Labute approximate surface area is 163 Å². The van der Waals surface area contributed by atoms with Crippen molar-refractivity contribution in [2.24, 2.45) is 0 Å². The highest BCUT2D eigenvalue weighted by atomic mass is 19.1. The molecule has 0 N–H and O–H groups in total. The molecule has 1 heterocycles. The van der Waals surface area contributed by atoms with Crippen molar-refractivity contribution in [1.82, 2.24) is 9.97 Å². The van der Waals surface area contributed by atoms with E-state index in [1.165, 1.54) is 42.7 Å². The van der Waals surface area contributed by atoms with E-state index in [0.717, 1.165) is 12.1 Å². The standard InChI is InChI=1S/C22H13F3N2O2/c23-15-3-1-2-13(8-15)12-29-20-11-16(24)10-17(21(20)25)22(28)14-4-5-18-19(9-14)27-7-6-26-18/h1-11H,12H2. The van der Waals surface area contributed by atoms with Gasteiger partial charge in [-0.3, -0.25) is 14.8 Å². The Balaban J connectivity index is 1.65. The van der Waals surface area contributed by atoms with Crippen LogP contribution in [0.1, 0.15) is 21.5 Å². The van der Waals surface area contributed by atoms with E-state index in [4.69, 9.17) is 4.74 Å². The molecular formula is C22H13F3N2O2. The van der Waals surface area contributed by atoms with Crippen LogP contribution in [0.15, 0.2) is 67.0 Å². The van der Waals surface area contributed by atoms with E-state index in [0.29, 0.717) is 16.6 Å². The number of fused-ring (bicyclic) bond motifs is 1. The molecule has 0 radical (unpaired) electrons. The molecule has 0 bridgehead atoms. The fraction of sp³-hybridized carbons (Fsp3) is 0.0455. The van der Waals surface area contributed by atoms with E-state index < -0.39 is 34.5 Å². The number of hydrogen-bond acceptors (Lipinski definition) is 4. The van der Waals surface area contributed by atoms with Crippen molar-refractivity contribution in [1.29, 1.82) is 0 Å². The number of carbonyl (C=O) groups excluding carboxylic acids is 1. The fourth-order valence-electron chi connectivity index (χ4n) is 2.88. The maximum absolute atomic E-state index is 14.9. The number of aromatic nitrogens is 2. The van der Waals surface area contributed by atoms with Gasteiger partial charge in [0.25, 0.3) is 0 Å². The second-order valence-electron chi connectivity index (χ2n) is 6.27. The highest BCUT2D eigenvalue weighted by Crippen LogP contribution is 2.26. The lowest BCUT2D eigenvalue weighted by atomic mass is 10.0. The van der Waals surface area contributed by atoms with Gasteiger partial charge in [-0.15, -0.1) is 0 Å². The van der Waals surface area contributed by atoms with Crippen LogP contribution < -0.4 is 4.74 Å². The maximum atomic E-state index is 14.9. The van der Waals surface area contributed by atoms with Gasteiger partial charge in [-0.2, -0.15) is 0 Å². The second-order valence-corrected chi connectivity index (χ2v) is 6.27. The van der Waals surface area contributed by atoms with Gasteiger partial charge in [-0.1, -0.05) is 12.1 Å². The third kappa shape index (κ3) is 3.94. The minimum Gasteiger partial charge on any atom is -0.486 e. The van der Waals surface area contributed by atoms with E-state index in [-0.39, 0.29) is 12.2 Å². The first-order valence-electron chi connectivity index (χ1n) is 8.63. The molecule has 4 rings (SSSR count). The van der Waals surface area contributed by atoms with Crippen molar-refractivity contribution >= 4 is 16.8 Å². The molecule has 4 nitrogen and oxygen atoms in total. The molecule has 0 atom stereocenters. The zero-order valence-electron chi connectivity index (χ0n) is 14.9. The van der Waals surface area contributed by atoms with E-state index in [9.17, 15) is 18.0 Å². The third-order valence-corrected chi connectivity index (χ3v) is 4.26. The average Bonchev–Trinajstić information content (AvgIpc) is 2.73. The Morgan fingerprint density at radius 3 is 2.45 bits per heavy atom. The molecule has 0 amide bonds. The minimum absolute atomic E-state index is 0.138. The first-order chi connectivity index (χ1) is 14.0. The lowest BCUT2D eigenvalue weighted by Crippen LogP contribution is -2.08. The SMILES string of the molecule is O=C(c1ccc2nccnc2c1)c1cc(F)cc(OCc2cccc(F)c2)c1F. The highest BCUT2D eigenvalue weighted by molar-refractivity contribution is 6.10. The van der Waals surface area contributed by atoms with Gasteiger partial charge in [0.1, 0.15) is 18.2 Å². The van der Waals surface area contributed by atoms with E-state index in [1.54, 1.807) is 12.1 Å². The summed E-state index contributed by atoms with van der Waals surface area (Å²) >= 11 is 0. The van der Waals surface area contributed by atoms with Crippen LogP contribution in [0.25, 0.3) is 11.0 Å². The van der Waals surface area contributed by atoms with Crippen LogP contribution in [0, 0.1) is 17.5 Å². The Morgan fingerprint density at radius 1 is 0.862 bits per heavy atom. The maximum Gasteiger partial charge on any atom is 0.196 e. The normalized spacial score (nSPS) is 10.9. The minimum atomic E-state index is -0.993. The largest absolute Gasteiger partial charge is 0.486 e. The molecule has 0 saturated carbocycles. The van der Waals surface area contributed by atoms with Crippen LogP contribution in [-0.2, 0) is 6.61 Å². The molecule has 7 heteroatoms. The molecule has 3 aromatic carbocycles. The zero-order valence-corrected chi connectivity index (χ0v) is 14.9. The molecule has 1 aromatic heterocycles. The molecule has 0 spiro atoms. The Hall–Kier alpha value is -3.74. The monoisotopic (exact) mass is 394 g/mol. The van der Waals surface area contributed by atoms with Gasteiger partial charge >= 0.3 is 0 Å². The summed E-state index contributed by atoms with van der Waals surface area (Å²) in [5.74, 6) is -3.44. The van der Waals surface area contributed by atoms with E-state index in [1.807, 2.05) is 0 Å². The second kappa shape index (κ2) is 7.71. The predicted molar refractivity (Wildman–Crippen MR) is 100 cm³/mol. The van der Waals surface area contributed by atoms with Gasteiger partial charge in [-0.25, -0.2) is 13.2 Å². The molecule has 29 heavy (non-hydrogen) atoms. The summed E-state index contributed by atoms with van der Waals surface area (Å²) in [5, 5.41) is 0. The van der Waals surface area contributed by atoms with Crippen LogP contribution in [0.5, 0.6) is 5.75 Å². The summed E-state index contributed by atoms with van der Waals surface area (Å²) in [5.41, 5.74) is 1.14. The van der Waals surface area contributed by atoms with Crippen molar-refractivity contribution in [3.05, 3.63) is 101 Å². The van der Waals surface area contributed by atoms with Crippen LogP contribution in [0.3, 0.4) is 0 Å². The van der Waals surface area contributed by atoms with Crippen molar-refractivity contribution in [2.75, 3.05) is 0 Å². The highest BCUT2D eigenvalue weighted by Gasteiger charge is 2.20. The molecule has 4 aromatic rings. The van der Waals surface area contributed by atoms with E-state index >= 15 is 0 Å². The van der Waals surface area contributed by atoms with Crippen molar-refractivity contribution < 1.29 is 22.7 Å². The van der Waals surface area contributed by atoms with Crippen molar-refractivity contribution in [2.45, 2.75) is 6.61 Å². The summed E-state index contributed by atoms with van der Waals surface area (Å²) in [6.07, 6.45) is 2.98. The smallest absolute Gasteiger partial charge is 0.196 e. The van der Waals surface area contributed by atoms with Gasteiger partial charge in [0.2, 0.25) is 0 Å². The first-order valence-corrected chi connectivity index (χ1v) is 8.63. The lowest BCUT2D eigenvalue weighted by Gasteiger charge is -2.11. The third-order valence-electron chi connectivity index (χ3n) is 4.26. The number of ketones is 1. The van der Waals surface area contributed by atoms with E-state index in [2.05, 4.69) is 9.97 Å². The number of ether oxygens (including phenoxy) is 1. The van der Waals surface area contributed by atoms with Crippen LogP contribution >= 0.6 is 0 Å². The van der Waals surface area contributed by atoms with Gasteiger partial charge in [0.05, 0.1) is 16.6 Å². The number of carbonyl (C=O) groups is 1. The average molecular weight is 394 g/mol. The summed E-state index contributed by atoms with van der Waals surface area (Å²) in [7, 11) is 0. The van der Waals surface area contributed by atoms with Crippen LogP contribution in [-0.4, -0.2) is 15.8 Å². The number of hydrogen-bond donors (Lipinski definition) is 0. The molecule has 0 fully saturated rings. The number of nitrogens with zero attached hydrogens (tertiary/aromatic N) is 2. The van der Waals surface area contributed by atoms with Crippen molar-refractivity contribution in [3.8, 4) is 5.75 Å². The van der Waals surface area contributed by atoms with Crippen LogP contribution in [0.2, 0.25) is 0 Å². The number of halogens is 3. The number of benzene rings is 3. The first kappa shape index (κ1) is 18.6. The summed E-state index contributed by atoms with van der Waals surface area (Å²) < 4.78 is 47.5.